The quantitative estimate of drug-likeness (QED) is 0.743. The van der Waals surface area contributed by atoms with Crippen molar-refractivity contribution in [3.63, 3.8) is 0 Å². The average molecular weight is 330 g/mol. The van der Waals surface area contributed by atoms with Crippen molar-refractivity contribution in [2.75, 3.05) is 20.3 Å². The third-order valence-electron chi connectivity index (χ3n) is 3.92. The average Bonchev–Trinajstić information content (AvgIpc) is 3.30. The molecule has 7 heteroatoms. The van der Waals surface area contributed by atoms with Gasteiger partial charge in [0.25, 0.3) is 0 Å². The molecule has 2 aromatic rings. The van der Waals surface area contributed by atoms with Crippen LogP contribution in [-0.2, 0) is 27.3 Å². The zero-order chi connectivity index (χ0) is 16.9. The molecule has 24 heavy (non-hydrogen) atoms. The van der Waals surface area contributed by atoms with E-state index >= 15 is 0 Å². The predicted octanol–water partition coefficient (Wildman–Crippen LogP) is 0.620. The second kappa shape index (κ2) is 7.44. The first-order valence-corrected chi connectivity index (χ1v) is 8.16. The third kappa shape index (κ3) is 4.11. The fourth-order valence-electron chi connectivity index (χ4n) is 2.63. The molecule has 1 aromatic carbocycles. The first-order valence-electron chi connectivity index (χ1n) is 8.16. The molecule has 0 spiro atoms. The summed E-state index contributed by atoms with van der Waals surface area (Å²) in [5.74, 6) is 0.636. The number of carbonyl (C=O) groups is 2. The van der Waals surface area contributed by atoms with Crippen LogP contribution in [0.2, 0.25) is 0 Å². The summed E-state index contributed by atoms with van der Waals surface area (Å²) in [6.07, 6.45) is 2.68. The monoisotopic (exact) mass is 330 g/mol. The summed E-state index contributed by atoms with van der Waals surface area (Å²) in [4.78, 5) is 28.3. The summed E-state index contributed by atoms with van der Waals surface area (Å²) < 4.78 is 6.71. The molecule has 1 saturated carbocycles. The van der Waals surface area contributed by atoms with E-state index in [1.165, 1.54) is 7.11 Å². The highest BCUT2D eigenvalue weighted by Gasteiger charge is 2.24. The van der Waals surface area contributed by atoms with Crippen LogP contribution in [0.15, 0.2) is 24.3 Å². The Morgan fingerprint density at radius 2 is 2.08 bits per heavy atom. The van der Waals surface area contributed by atoms with Gasteiger partial charge in [-0.1, -0.05) is 12.1 Å². The Kier molecular flexibility index (Phi) is 5.10. The lowest BCUT2D eigenvalue weighted by atomic mass is 10.3. The molecular formula is C17H22N4O3. The molecule has 128 valence electrons. The van der Waals surface area contributed by atoms with Gasteiger partial charge < -0.3 is 19.9 Å². The topological polar surface area (TPSA) is 85.2 Å². The Morgan fingerprint density at radius 3 is 2.83 bits per heavy atom. The van der Waals surface area contributed by atoms with Gasteiger partial charge in [0.15, 0.2) is 0 Å². The van der Waals surface area contributed by atoms with Crippen molar-refractivity contribution in [2.45, 2.75) is 31.8 Å². The van der Waals surface area contributed by atoms with Crippen LogP contribution in [0.4, 0.5) is 0 Å². The fourth-order valence-corrected chi connectivity index (χ4v) is 2.63. The number of nitrogens with one attached hydrogen (secondary N) is 2. The van der Waals surface area contributed by atoms with Gasteiger partial charge in [-0.15, -0.1) is 0 Å². The number of rotatable bonds is 8. The Labute approximate surface area is 140 Å². The van der Waals surface area contributed by atoms with Crippen LogP contribution in [0.1, 0.15) is 18.7 Å². The van der Waals surface area contributed by atoms with E-state index in [0.29, 0.717) is 19.0 Å². The van der Waals surface area contributed by atoms with E-state index in [4.69, 9.17) is 4.74 Å². The molecule has 1 heterocycles. The summed E-state index contributed by atoms with van der Waals surface area (Å²) in [7, 11) is 1.48. The van der Waals surface area contributed by atoms with E-state index in [0.717, 1.165) is 29.7 Å². The molecule has 0 unspecified atom stereocenters. The molecule has 0 aliphatic heterocycles. The van der Waals surface area contributed by atoms with Crippen molar-refractivity contribution in [2.24, 2.45) is 0 Å². The lowest BCUT2D eigenvalue weighted by molar-refractivity contribution is -0.124. The summed E-state index contributed by atoms with van der Waals surface area (Å²) in [5, 5.41) is 5.78. The Balaban J connectivity index is 1.71. The first-order chi connectivity index (χ1) is 11.7. The SMILES string of the molecule is COCC(=O)NCCc1nc2ccccc2n1CC(=O)NC1CC1. The number of ether oxygens (including phenoxy) is 1. The van der Waals surface area contributed by atoms with Gasteiger partial charge in [-0.3, -0.25) is 9.59 Å². The summed E-state index contributed by atoms with van der Waals surface area (Å²) >= 11 is 0. The van der Waals surface area contributed by atoms with Gasteiger partial charge >= 0.3 is 0 Å². The zero-order valence-electron chi connectivity index (χ0n) is 13.7. The molecule has 7 nitrogen and oxygen atoms in total. The van der Waals surface area contributed by atoms with Crippen molar-refractivity contribution in [3.8, 4) is 0 Å². The number of fused-ring (bicyclic) bond motifs is 1. The Morgan fingerprint density at radius 1 is 1.29 bits per heavy atom. The summed E-state index contributed by atoms with van der Waals surface area (Å²) in [6, 6.07) is 8.08. The van der Waals surface area contributed by atoms with E-state index in [9.17, 15) is 9.59 Å². The van der Waals surface area contributed by atoms with E-state index < -0.39 is 0 Å². The molecule has 1 aliphatic rings. The van der Waals surface area contributed by atoms with Crippen molar-refractivity contribution in [3.05, 3.63) is 30.1 Å². The summed E-state index contributed by atoms with van der Waals surface area (Å²) in [5.41, 5.74) is 1.79. The summed E-state index contributed by atoms with van der Waals surface area (Å²) in [6.45, 7) is 0.744. The Hall–Kier alpha value is -2.41. The highest BCUT2D eigenvalue weighted by Crippen LogP contribution is 2.20. The number of imidazole rings is 1. The van der Waals surface area contributed by atoms with Crippen molar-refractivity contribution in [1.82, 2.24) is 20.2 Å². The van der Waals surface area contributed by atoms with Crippen molar-refractivity contribution < 1.29 is 14.3 Å². The van der Waals surface area contributed by atoms with Crippen molar-refractivity contribution in [1.29, 1.82) is 0 Å². The zero-order valence-corrected chi connectivity index (χ0v) is 13.7. The molecule has 2 N–H and O–H groups in total. The van der Waals surface area contributed by atoms with E-state index in [2.05, 4.69) is 15.6 Å². The van der Waals surface area contributed by atoms with E-state index in [1.54, 1.807) is 0 Å². The molecule has 0 atom stereocenters. The maximum absolute atomic E-state index is 12.2. The van der Waals surface area contributed by atoms with Crippen LogP contribution in [-0.4, -0.2) is 47.7 Å². The minimum atomic E-state index is -0.161. The number of para-hydroxylation sites is 2. The standard InChI is InChI=1S/C17H22N4O3/c1-24-11-17(23)18-9-8-15-20-13-4-2-3-5-14(13)21(15)10-16(22)19-12-6-7-12/h2-5,12H,6-11H2,1H3,(H,18,23)(H,19,22). The van der Waals surface area contributed by atoms with Gasteiger partial charge in [-0.2, -0.15) is 0 Å². The minimum Gasteiger partial charge on any atom is -0.375 e. The lowest BCUT2D eigenvalue weighted by Gasteiger charge is -2.10. The molecule has 0 saturated heterocycles. The van der Waals surface area contributed by atoms with Crippen LogP contribution in [0.25, 0.3) is 11.0 Å². The molecule has 1 fully saturated rings. The second-order valence-corrected chi connectivity index (χ2v) is 5.98. The van der Waals surface area contributed by atoms with Gasteiger partial charge in [-0.25, -0.2) is 4.98 Å². The van der Waals surface area contributed by atoms with Crippen LogP contribution >= 0.6 is 0 Å². The Bertz CT molecular complexity index is 737. The van der Waals surface area contributed by atoms with E-state index in [1.807, 2.05) is 28.8 Å². The second-order valence-electron chi connectivity index (χ2n) is 5.98. The fraction of sp³-hybridized carbons (Fsp3) is 0.471. The van der Waals surface area contributed by atoms with Crippen LogP contribution in [0.5, 0.6) is 0 Å². The minimum absolute atomic E-state index is 0.00493. The van der Waals surface area contributed by atoms with Gasteiger partial charge in [0.1, 0.15) is 19.0 Å². The molecule has 0 radical (unpaired) electrons. The largest absolute Gasteiger partial charge is 0.375 e. The maximum atomic E-state index is 12.2. The highest BCUT2D eigenvalue weighted by molar-refractivity contribution is 5.81. The molecule has 1 aromatic heterocycles. The number of methoxy groups -OCH3 is 1. The maximum Gasteiger partial charge on any atom is 0.245 e. The number of amides is 2. The molecule has 0 bridgehead atoms. The van der Waals surface area contributed by atoms with Crippen LogP contribution in [0, 0.1) is 0 Å². The first kappa shape index (κ1) is 16.4. The highest BCUT2D eigenvalue weighted by atomic mass is 16.5. The molecule has 3 rings (SSSR count). The third-order valence-corrected chi connectivity index (χ3v) is 3.92. The number of hydrogen-bond acceptors (Lipinski definition) is 4. The predicted molar refractivity (Wildman–Crippen MR) is 89.5 cm³/mol. The number of carbonyl (C=O) groups excluding carboxylic acids is 2. The van der Waals surface area contributed by atoms with Crippen LogP contribution < -0.4 is 10.6 Å². The lowest BCUT2D eigenvalue weighted by Crippen LogP contribution is -2.31. The smallest absolute Gasteiger partial charge is 0.245 e. The molecular weight excluding hydrogens is 308 g/mol. The molecule has 1 aliphatic carbocycles. The van der Waals surface area contributed by atoms with Gasteiger partial charge in [0, 0.05) is 26.1 Å². The van der Waals surface area contributed by atoms with Crippen molar-refractivity contribution >= 4 is 22.8 Å². The van der Waals surface area contributed by atoms with Gasteiger partial charge in [0.05, 0.1) is 11.0 Å². The van der Waals surface area contributed by atoms with Gasteiger partial charge in [-0.05, 0) is 25.0 Å². The molecule has 2 amide bonds. The van der Waals surface area contributed by atoms with Crippen LogP contribution in [0.3, 0.4) is 0 Å². The number of benzene rings is 1. The normalized spacial score (nSPS) is 13.9. The number of aromatic nitrogens is 2. The number of hydrogen-bond donors (Lipinski definition) is 2. The van der Waals surface area contributed by atoms with E-state index in [-0.39, 0.29) is 25.0 Å². The number of nitrogens with zero attached hydrogens (tertiary/aromatic N) is 2. The van der Waals surface area contributed by atoms with Gasteiger partial charge in [0.2, 0.25) is 11.8 Å².